The minimum Gasteiger partial charge on any atom is -0.507 e. The Morgan fingerprint density at radius 3 is 2.30 bits per heavy atom. The molecule has 27 heavy (non-hydrogen) atoms. The highest BCUT2D eigenvalue weighted by atomic mass is 16.7. The van der Waals surface area contributed by atoms with E-state index in [9.17, 15) is 9.90 Å². The van der Waals surface area contributed by atoms with Gasteiger partial charge in [-0.15, -0.1) is 4.73 Å². The van der Waals surface area contributed by atoms with Gasteiger partial charge in [0.25, 0.3) is 5.56 Å². The summed E-state index contributed by atoms with van der Waals surface area (Å²) < 4.78 is 1.11. The highest BCUT2D eigenvalue weighted by Gasteiger charge is 2.16. The van der Waals surface area contributed by atoms with Crippen molar-refractivity contribution in [3.63, 3.8) is 0 Å². The highest BCUT2D eigenvalue weighted by molar-refractivity contribution is 5.84. The maximum Gasteiger partial charge on any atom is 0.288 e. The first kappa shape index (κ1) is 16.8. The van der Waals surface area contributed by atoms with Crippen LogP contribution in [0.4, 0.5) is 0 Å². The minimum atomic E-state index is -0.486. The molecule has 0 saturated carbocycles. The largest absolute Gasteiger partial charge is 0.507 e. The molecule has 0 atom stereocenters. The summed E-state index contributed by atoms with van der Waals surface area (Å²) in [7, 11) is 0. The van der Waals surface area contributed by atoms with Crippen LogP contribution in [0.15, 0.2) is 77.9 Å². The summed E-state index contributed by atoms with van der Waals surface area (Å²) in [6, 6.07) is 20.4. The van der Waals surface area contributed by atoms with Crippen molar-refractivity contribution in [1.29, 1.82) is 0 Å². The molecule has 1 N–H and O–H groups in total. The molecule has 0 bridgehead atoms. The van der Waals surface area contributed by atoms with Crippen molar-refractivity contribution >= 4 is 11.0 Å². The standard InChI is InChI=1S/C21H17N3O3/c25-18-12-19(26)24(27-13-16-9-5-2-6-10-16)21-20(18)17(22-14-23-21)11-15-7-3-1-4-8-15/h1-10,12,14,25H,11,13H2. The zero-order chi connectivity index (χ0) is 18.6. The average molecular weight is 359 g/mol. The molecular formula is C21H17N3O3. The third-order valence-corrected chi connectivity index (χ3v) is 4.23. The van der Waals surface area contributed by atoms with Crippen molar-refractivity contribution < 1.29 is 9.94 Å². The first-order valence-electron chi connectivity index (χ1n) is 8.52. The molecule has 4 rings (SSSR count). The van der Waals surface area contributed by atoms with Gasteiger partial charge < -0.3 is 9.94 Å². The summed E-state index contributed by atoms with van der Waals surface area (Å²) in [5.74, 6) is -0.152. The molecule has 2 heterocycles. The normalized spacial score (nSPS) is 10.8. The Balaban J connectivity index is 1.76. The van der Waals surface area contributed by atoms with E-state index >= 15 is 0 Å². The maximum absolute atomic E-state index is 12.4. The molecule has 2 aromatic carbocycles. The van der Waals surface area contributed by atoms with Gasteiger partial charge in [-0.25, -0.2) is 9.97 Å². The highest BCUT2D eigenvalue weighted by Crippen LogP contribution is 2.25. The van der Waals surface area contributed by atoms with Crippen molar-refractivity contribution in [2.75, 3.05) is 0 Å². The lowest BCUT2D eigenvalue weighted by Gasteiger charge is -2.13. The van der Waals surface area contributed by atoms with Gasteiger partial charge >= 0.3 is 0 Å². The Labute approximate surface area is 155 Å². The first-order chi connectivity index (χ1) is 13.2. The lowest BCUT2D eigenvalue weighted by molar-refractivity contribution is 0.0975. The van der Waals surface area contributed by atoms with Gasteiger partial charge in [-0.05, 0) is 11.1 Å². The van der Waals surface area contributed by atoms with Crippen LogP contribution < -0.4 is 10.4 Å². The Morgan fingerprint density at radius 1 is 0.926 bits per heavy atom. The average Bonchev–Trinajstić information content (AvgIpc) is 2.69. The molecule has 2 aromatic heterocycles. The van der Waals surface area contributed by atoms with Crippen LogP contribution in [0, 0.1) is 0 Å². The molecule has 0 fully saturated rings. The number of nitrogens with zero attached hydrogens (tertiary/aromatic N) is 3. The van der Waals surface area contributed by atoms with Crippen LogP contribution in [-0.4, -0.2) is 19.8 Å². The third-order valence-electron chi connectivity index (χ3n) is 4.23. The van der Waals surface area contributed by atoms with E-state index in [2.05, 4.69) is 9.97 Å². The van der Waals surface area contributed by atoms with Crippen LogP contribution in [0.2, 0.25) is 0 Å². The van der Waals surface area contributed by atoms with Gasteiger partial charge in [0.15, 0.2) is 5.65 Å². The van der Waals surface area contributed by atoms with E-state index in [0.29, 0.717) is 17.5 Å². The molecule has 0 aliphatic carbocycles. The van der Waals surface area contributed by atoms with E-state index in [0.717, 1.165) is 21.9 Å². The molecule has 0 spiro atoms. The second-order valence-electron chi connectivity index (χ2n) is 6.10. The summed E-state index contributed by atoms with van der Waals surface area (Å²) in [6.45, 7) is 0.207. The zero-order valence-electron chi connectivity index (χ0n) is 14.4. The van der Waals surface area contributed by atoms with E-state index < -0.39 is 5.56 Å². The lowest BCUT2D eigenvalue weighted by atomic mass is 10.1. The molecule has 4 aromatic rings. The predicted octanol–water partition coefficient (Wildman–Crippen LogP) is 2.72. The summed E-state index contributed by atoms with van der Waals surface area (Å²) in [5.41, 5.74) is 2.35. The van der Waals surface area contributed by atoms with Crippen molar-refractivity contribution in [3.05, 3.63) is 100 Å². The van der Waals surface area contributed by atoms with Crippen LogP contribution in [0.5, 0.6) is 5.75 Å². The van der Waals surface area contributed by atoms with Crippen LogP contribution in [-0.2, 0) is 13.0 Å². The van der Waals surface area contributed by atoms with E-state index in [4.69, 9.17) is 4.84 Å². The number of aromatic nitrogens is 3. The lowest BCUT2D eigenvalue weighted by Crippen LogP contribution is -2.27. The summed E-state index contributed by atoms with van der Waals surface area (Å²) >= 11 is 0. The second kappa shape index (κ2) is 7.29. The van der Waals surface area contributed by atoms with Gasteiger partial charge in [-0.2, -0.15) is 0 Å². The van der Waals surface area contributed by atoms with E-state index in [1.807, 2.05) is 60.7 Å². The Hall–Kier alpha value is -3.67. The summed E-state index contributed by atoms with van der Waals surface area (Å²) in [4.78, 5) is 26.6. The van der Waals surface area contributed by atoms with Crippen molar-refractivity contribution in [3.8, 4) is 5.75 Å². The number of hydrogen-bond acceptors (Lipinski definition) is 5. The molecule has 134 valence electrons. The van der Waals surface area contributed by atoms with Gasteiger partial charge in [0.1, 0.15) is 18.7 Å². The minimum absolute atomic E-state index is 0.152. The third kappa shape index (κ3) is 3.50. The smallest absolute Gasteiger partial charge is 0.288 e. The van der Waals surface area contributed by atoms with Gasteiger partial charge in [-0.3, -0.25) is 4.79 Å². The number of pyridine rings is 1. The van der Waals surface area contributed by atoms with Gasteiger partial charge in [0.05, 0.1) is 11.1 Å². The molecule has 0 unspecified atom stereocenters. The van der Waals surface area contributed by atoms with Crippen LogP contribution in [0.25, 0.3) is 11.0 Å². The number of benzene rings is 2. The van der Waals surface area contributed by atoms with Gasteiger partial charge in [-0.1, -0.05) is 60.7 Å². The monoisotopic (exact) mass is 359 g/mol. The SMILES string of the molecule is O=c1cc(O)c2c(Cc3ccccc3)ncnc2n1OCc1ccccc1. The van der Waals surface area contributed by atoms with Crippen molar-refractivity contribution in [2.45, 2.75) is 13.0 Å². The van der Waals surface area contributed by atoms with Crippen molar-refractivity contribution in [2.24, 2.45) is 0 Å². The fraction of sp³-hybridized carbons (Fsp3) is 0.0952. The maximum atomic E-state index is 12.4. The summed E-state index contributed by atoms with van der Waals surface area (Å²) in [5, 5.41) is 10.8. The molecule has 6 heteroatoms. The molecule has 6 nitrogen and oxygen atoms in total. The quantitative estimate of drug-likeness (QED) is 0.593. The van der Waals surface area contributed by atoms with E-state index in [1.54, 1.807) is 0 Å². The topological polar surface area (TPSA) is 77.2 Å². The Bertz CT molecular complexity index is 1130. The van der Waals surface area contributed by atoms with E-state index in [-0.39, 0.29) is 18.0 Å². The predicted molar refractivity (Wildman–Crippen MR) is 101 cm³/mol. The van der Waals surface area contributed by atoms with E-state index in [1.165, 1.54) is 6.33 Å². The Morgan fingerprint density at radius 2 is 1.59 bits per heavy atom. The number of fused-ring (bicyclic) bond motifs is 1. The zero-order valence-corrected chi connectivity index (χ0v) is 14.4. The summed E-state index contributed by atoms with van der Waals surface area (Å²) in [6.07, 6.45) is 1.88. The van der Waals surface area contributed by atoms with Crippen LogP contribution >= 0.6 is 0 Å². The first-order valence-corrected chi connectivity index (χ1v) is 8.52. The van der Waals surface area contributed by atoms with Crippen molar-refractivity contribution in [1.82, 2.24) is 14.7 Å². The Kier molecular flexibility index (Phi) is 4.53. The second-order valence-corrected chi connectivity index (χ2v) is 6.10. The number of aromatic hydroxyl groups is 1. The molecule has 0 aliphatic rings. The molecule has 0 radical (unpaired) electrons. The van der Waals surface area contributed by atoms with Gasteiger partial charge in [0, 0.05) is 12.5 Å². The van der Waals surface area contributed by atoms with Crippen LogP contribution in [0.3, 0.4) is 0 Å². The number of hydrogen-bond donors (Lipinski definition) is 1. The molecular weight excluding hydrogens is 342 g/mol. The van der Waals surface area contributed by atoms with Gasteiger partial charge in [0.2, 0.25) is 0 Å². The molecule has 0 amide bonds. The molecule has 0 saturated heterocycles. The van der Waals surface area contributed by atoms with Crippen LogP contribution in [0.1, 0.15) is 16.8 Å². The fourth-order valence-corrected chi connectivity index (χ4v) is 2.94. The molecule has 0 aliphatic heterocycles. The fourth-order valence-electron chi connectivity index (χ4n) is 2.94. The number of rotatable bonds is 5.